The molecule has 0 aliphatic rings. The first-order valence-corrected chi connectivity index (χ1v) is 12.7. The van der Waals surface area contributed by atoms with Crippen molar-refractivity contribution >= 4 is 48.3 Å². The van der Waals surface area contributed by atoms with Crippen molar-refractivity contribution in [3.63, 3.8) is 0 Å². The predicted molar refractivity (Wildman–Crippen MR) is 134 cm³/mol. The average Bonchev–Trinajstić information content (AvgIpc) is 3.23. The number of nitrogens with zero attached hydrogens (tertiary/aromatic N) is 3. The molecule has 34 heavy (non-hydrogen) atoms. The minimum Gasteiger partial charge on any atom is -0.308 e. The summed E-state index contributed by atoms with van der Waals surface area (Å²) in [6.45, 7) is 1.10. The number of hydrogen-bond donors (Lipinski definition) is 1. The van der Waals surface area contributed by atoms with Crippen LogP contribution in [-0.4, -0.2) is 51.4 Å². The molecule has 4 aromatic rings. The van der Waals surface area contributed by atoms with Crippen molar-refractivity contribution in [1.82, 2.24) is 9.88 Å². The van der Waals surface area contributed by atoms with Crippen LogP contribution in [-0.2, 0) is 10.0 Å². The van der Waals surface area contributed by atoms with Crippen molar-refractivity contribution in [3.8, 4) is 0 Å². The van der Waals surface area contributed by atoms with Gasteiger partial charge in [-0.05, 0) is 74.8 Å². The quantitative estimate of drug-likeness (QED) is 0.388. The average molecular weight is 499 g/mol. The van der Waals surface area contributed by atoms with Gasteiger partial charge >= 0.3 is 0 Å². The highest BCUT2D eigenvalue weighted by Crippen LogP contribution is 2.29. The third-order valence-corrected chi connectivity index (χ3v) is 7.49. The molecule has 10 heteroatoms. The number of amides is 1. The second kappa shape index (κ2) is 9.88. The van der Waals surface area contributed by atoms with Crippen LogP contribution in [0.15, 0.2) is 77.7 Å². The summed E-state index contributed by atoms with van der Waals surface area (Å²) < 4.78 is 41.6. The third-order valence-electron chi connectivity index (χ3n) is 5.04. The number of benzene rings is 3. The maximum atomic E-state index is 13.4. The van der Waals surface area contributed by atoms with Crippen LogP contribution in [0.5, 0.6) is 0 Å². The van der Waals surface area contributed by atoms with E-state index in [1.807, 2.05) is 43.3 Å². The van der Waals surface area contributed by atoms with Crippen LogP contribution in [0.1, 0.15) is 10.4 Å². The van der Waals surface area contributed by atoms with Crippen LogP contribution in [0.3, 0.4) is 0 Å². The van der Waals surface area contributed by atoms with Crippen LogP contribution >= 0.6 is 11.3 Å². The first-order valence-electron chi connectivity index (χ1n) is 10.4. The highest BCUT2D eigenvalue weighted by Gasteiger charge is 2.22. The minimum absolute atomic E-state index is 0.0558. The number of nitrogens with one attached hydrogen (secondary N) is 1. The van der Waals surface area contributed by atoms with Gasteiger partial charge in [0.25, 0.3) is 15.9 Å². The van der Waals surface area contributed by atoms with Crippen LogP contribution in [0.25, 0.3) is 10.2 Å². The van der Waals surface area contributed by atoms with E-state index >= 15 is 0 Å². The van der Waals surface area contributed by atoms with Crippen molar-refractivity contribution in [2.24, 2.45) is 0 Å². The Bertz CT molecular complexity index is 1370. The number of thiazole rings is 1. The van der Waals surface area contributed by atoms with Crippen LogP contribution < -0.4 is 9.62 Å². The summed E-state index contributed by atoms with van der Waals surface area (Å²) in [4.78, 5) is 21.6. The highest BCUT2D eigenvalue weighted by molar-refractivity contribution is 7.92. The molecule has 0 aliphatic heterocycles. The lowest BCUT2D eigenvalue weighted by molar-refractivity contribution is 0.0985. The Balaban J connectivity index is 1.56. The summed E-state index contributed by atoms with van der Waals surface area (Å²) in [7, 11) is -0.0142. The molecule has 0 radical (unpaired) electrons. The lowest BCUT2D eigenvalue weighted by Gasteiger charge is -2.22. The van der Waals surface area contributed by atoms with E-state index < -0.39 is 15.8 Å². The number of rotatable bonds is 8. The van der Waals surface area contributed by atoms with Crippen molar-refractivity contribution < 1.29 is 17.6 Å². The fourth-order valence-electron chi connectivity index (χ4n) is 3.22. The second-order valence-corrected chi connectivity index (χ2v) is 10.6. The molecule has 176 valence electrons. The van der Waals surface area contributed by atoms with Gasteiger partial charge in [0.15, 0.2) is 5.13 Å². The molecular formula is C24H23FN4O3S2. The first kappa shape index (κ1) is 23.8. The molecule has 0 saturated carbocycles. The second-order valence-electron chi connectivity index (χ2n) is 7.86. The fraction of sp³-hybridized carbons (Fsp3) is 0.167. The van der Waals surface area contributed by atoms with Gasteiger partial charge in [-0.2, -0.15) is 0 Å². The summed E-state index contributed by atoms with van der Waals surface area (Å²) in [5.74, 6) is -0.748. The molecule has 4 rings (SSSR count). The fourth-order valence-corrected chi connectivity index (χ4v) is 5.27. The van der Waals surface area contributed by atoms with E-state index in [0.717, 1.165) is 22.3 Å². The molecule has 1 aromatic heterocycles. The highest BCUT2D eigenvalue weighted by atomic mass is 32.2. The van der Waals surface area contributed by atoms with Gasteiger partial charge in [0.05, 0.1) is 15.1 Å². The Kier molecular flexibility index (Phi) is 6.92. The smallest absolute Gasteiger partial charge is 0.261 e. The summed E-state index contributed by atoms with van der Waals surface area (Å²) >= 11 is 1.45. The summed E-state index contributed by atoms with van der Waals surface area (Å²) in [6, 6.07) is 18.5. The van der Waals surface area contributed by atoms with Gasteiger partial charge in [-0.1, -0.05) is 23.5 Å². The Morgan fingerprint density at radius 3 is 2.29 bits per heavy atom. The molecular weight excluding hydrogens is 475 g/mol. The number of aromatic nitrogens is 1. The van der Waals surface area contributed by atoms with Crippen LogP contribution in [0.2, 0.25) is 0 Å². The summed E-state index contributed by atoms with van der Waals surface area (Å²) in [5, 5.41) is 0.606. The lowest BCUT2D eigenvalue weighted by Crippen LogP contribution is -2.36. The molecule has 0 bridgehead atoms. The number of halogens is 1. The molecule has 0 fully saturated rings. The van der Waals surface area contributed by atoms with Gasteiger partial charge in [-0.25, -0.2) is 17.8 Å². The zero-order chi connectivity index (χ0) is 24.3. The number of carbonyl (C=O) groups is 1. The number of likely N-dealkylation sites (N-methyl/N-ethyl adjacent to an activating group) is 1. The maximum absolute atomic E-state index is 13.4. The van der Waals surface area contributed by atoms with E-state index in [9.17, 15) is 17.6 Å². The first-order chi connectivity index (χ1) is 16.2. The van der Waals surface area contributed by atoms with E-state index in [4.69, 9.17) is 0 Å². The van der Waals surface area contributed by atoms with Crippen LogP contribution in [0, 0.1) is 5.82 Å². The van der Waals surface area contributed by atoms with Crippen LogP contribution in [0.4, 0.5) is 15.2 Å². The third kappa shape index (κ3) is 5.41. The monoisotopic (exact) mass is 498 g/mol. The molecule has 1 N–H and O–H groups in total. The molecule has 3 aromatic carbocycles. The van der Waals surface area contributed by atoms with E-state index in [0.29, 0.717) is 29.5 Å². The molecule has 0 saturated heterocycles. The number of hydrogen-bond acceptors (Lipinski definition) is 6. The zero-order valence-electron chi connectivity index (χ0n) is 18.6. The van der Waals surface area contributed by atoms with Gasteiger partial charge in [0.2, 0.25) is 0 Å². The Labute approximate surface area is 201 Å². The minimum atomic E-state index is -3.88. The number of anilines is 2. The lowest BCUT2D eigenvalue weighted by atomic mass is 10.2. The normalized spacial score (nSPS) is 11.6. The number of para-hydroxylation sites is 1. The maximum Gasteiger partial charge on any atom is 0.261 e. The summed E-state index contributed by atoms with van der Waals surface area (Å²) in [6.07, 6.45) is 0. The predicted octanol–water partition coefficient (Wildman–Crippen LogP) is 4.44. The Morgan fingerprint density at radius 2 is 1.65 bits per heavy atom. The Morgan fingerprint density at radius 1 is 0.971 bits per heavy atom. The summed E-state index contributed by atoms with van der Waals surface area (Å²) in [5.41, 5.74) is 1.53. The SMILES string of the molecule is CN(C)CCN(C(=O)c1ccc(NS(=O)(=O)c2ccc(F)cc2)cc1)c1nc2ccccc2s1. The topological polar surface area (TPSA) is 82.6 Å². The van der Waals surface area contributed by atoms with Crippen molar-refractivity contribution in [2.45, 2.75) is 4.90 Å². The van der Waals surface area contributed by atoms with Crippen molar-refractivity contribution in [2.75, 3.05) is 36.8 Å². The molecule has 1 amide bonds. The van der Waals surface area contributed by atoms with Crippen molar-refractivity contribution in [3.05, 3.63) is 84.2 Å². The molecule has 0 spiro atoms. The number of sulfonamides is 1. The van der Waals surface area contributed by atoms with Gasteiger partial charge in [0.1, 0.15) is 5.82 Å². The molecule has 1 heterocycles. The number of fused-ring (bicyclic) bond motifs is 1. The van der Waals surface area contributed by atoms with Crippen molar-refractivity contribution in [1.29, 1.82) is 0 Å². The zero-order valence-corrected chi connectivity index (χ0v) is 20.2. The van der Waals surface area contributed by atoms with E-state index in [1.165, 1.54) is 35.6 Å². The van der Waals surface area contributed by atoms with Gasteiger partial charge < -0.3 is 4.90 Å². The molecule has 0 atom stereocenters. The van der Waals surface area contributed by atoms with Gasteiger partial charge in [0, 0.05) is 24.3 Å². The molecule has 7 nitrogen and oxygen atoms in total. The number of carbonyl (C=O) groups excluding carboxylic acids is 1. The van der Waals surface area contributed by atoms with E-state index in [2.05, 4.69) is 9.71 Å². The van der Waals surface area contributed by atoms with Gasteiger partial charge in [-0.15, -0.1) is 0 Å². The molecule has 0 unspecified atom stereocenters. The standard InChI is InChI=1S/C24H23FN4O3S2/c1-28(2)15-16-29(24-26-21-5-3-4-6-22(21)33-24)23(30)17-7-11-19(12-8-17)27-34(31,32)20-13-9-18(25)10-14-20/h3-14,27H,15-16H2,1-2H3. The Hall–Kier alpha value is -3.34. The van der Waals surface area contributed by atoms with E-state index in [1.54, 1.807) is 17.0 Å². The van der Waals surface area contributed by atoms with E-state index in [-0.39, 0.29) is 10.8 Å². The largest absolute Gasteiger partial charge is 0.308 e. The van der Waals surface area contributed by atoms with Gasteiger partial charge in [-0.3, -0.25) is 14.4 Å². The molecule has 0 aliphatic carbocycles.